The number of hydrogen-bond acceptors (Lipinski definition) is 3. The van der Waals surface area contributed by atoms with Gasteiger partial charge in [-0.1, -0.05) is 19.1 Å². The lowest BCUT2D eigenvalue weighted by molar-refractivity contribution is -0.121. The molecule has 1 amide bonds. The third-order valence-electron chi connectivity index (χ3n) is 3.05. The lowest BCUT2D eigenvalue weighted by Gasteiger charge is -2.19. The third kappa shape index (κ3) is 1.54. The quantitative estimate of drug-likeness (QED) is 0.713. The predicted molar refractivity (Wildman–Crippen MR) is 67.3 cm³/mol. The second kappa shape index (κ2) is 3.83. The highest BCUT2D eigenvalue weighted by atomic mass is 16.2. The Morgan fingerprint density at radius 1 is 1.33 bits per heavy atom. The number of rotatable bonds is 0. The maximum atomic E-state index is 12.0. The Balaban J connectivity index is 2.23. The van der Waals surface area contributed by atoms with Crippen LogP contribution >= 0.6 is 0 Å². The Hall–Kier alpha value is -2.37. The number of amides is 1. The summed E-state index contributed by atoms with van der Waals surface area (Å²) in [5.41, 5.74) is 3.71. The summed E-state index contributed by atoms with van der Waals surface area (Å²) in [4.78, 5) is 26.0. The molecule has 0 aliphatic carbocycles. The summed E-state index contributed by atoms with van der Waals surface area (Å²) in [6.07, 6.45) is 0.338. The number of imidazole rings is 1. The predicted octanol–water partition coefficient (Wildman–Crippen LogP) is 0.647. The van der Waals surface area contributed by atoms with E-state index in [0.29, 0.717) is 12.3 Å². The summed E-state index contributed by atoms with van der Waals surface area (Å²) < 4.78 is 1.51. The van der Waals surface area contributed by atoms with E-state index < -0.39 is 0 Å². The first-order valence-electron chi connectivity index (χ1n) is 5.73. The van der Waals surface area contributed by atoms with Gasteiger partial charge in [0.1, 0.15) is 5.84 Å². The van der Waals surface area contributed by atoms with Crippen molar-refractivity contribution in [2.45, 2.75) is 13.3 Å². The summed E-state index contributed by atoms with van der Waals surface area (Å²) in [6, 6.07) is 7.40. The van der Waals surface area contributed by atoms with Crippen LogP contribution in [-0.4, -0.2) is 21.3 Å². The van der Waals surface area contributed by atoms with Gasteiger partial charge in [0.2, 0.25) is 5.91 Å². The molecule has 1 atom stereocenters. The molecule has 6 nitrogen and oxygen atoms in total. The van der Waals surface area contributed by atoms with Gasteiger partial charge < -0.3 is 4.98 Å². The monoisotopic (exact) mass is 244 g/mol. The maximum absolute atomic E-state index is 12.0. The molecule has 0 fully saturated rings. The van der Waals surface area contributed by atoms with Crippen molar-refractivity contribution in [3.8, 4) is 0 Å². The summed E-state index contributed by atoms with van der Waals surface area (Å²) in [6.45, 7) is 1.88. The number of nitrogens with one attached hydrogen (secondary N) is 2. The minimum absolute atomic E-state index is 0.0874. The van der Waals surface area contributed by atoms with Gasteiger partial charge in [0.15, 0.2) is 0 Å². The maximum Gasteiger partial charge on any atom is 0.332 e. The van der Waals surface area contributed by atoms with Crippen LogP contribution in [0.15, 0.2) is 34.2 Å². The normalized spacial score (nSPS) is 19.7. The molecular weight excluding hydrogens is 232 g/mol. The van der Waals surface area contributed by atoms with E-state index in [1.807, 2.05) is 31.2 Å². The standard InChI is InChI=1S/C12H12N4O2/c1-7-6-10(17)14-15-11(7)16-9-5-3-2-4-8(9)13-12(16)18/h2-5,7H,6H2,1H3,(H,13,18)(H,14,17). The SMILES string of the molecule is CC1CC(=O)NN=C1n1c(=O)[nH]c2ccccc21. The van der Waals surface area contributed by atoms with Crippen LogP contribution in [0.2, 0.25) is 0 Å². The van der Waals surface area contributed by atoms with Crippen molar-refractivity contribution >= 4 is 22.8 Å². The highest BCUT2D eigenvalue weighted by Gasteiger charge is 2.24. The Morgan fingerprint density at radius 2 is 2.11 bits per heavy atom. The van der Waals surface area contributed by atoms with Crippen molar-refractivity contribution < 1.29 is 4.79 Å². The fraction of sp³-hybridized carbons (Fsp3) is 0.250. The first-order valence-corrected chi connectivity index (χ1v) is 5.73. The van der Waals surface area contributed by atoms with E-state index in [0.717, 1.165) is 11.0 Å². The van der Waals surface area contributed by atoms with Crippen LogP contribution in [0.4, 0.5) is 0 Å². The van der Waals surface area contributed by atoms with Gasteiger partial charge >= 0.3 is 5.69 Å². The summed E-state index contributed by atoms with van der Waals surface area (Å²) in [7, 11) is 0. The van der Waals surface area contributed by atoms with E-state index in [9.17, 15) is 9.59 Å². The molecule has 1 aliphatic heterocycles. The van der Waals surface area contributed by atoms with Crippen LogP contribution in [0.25, 0.3) is 11.0 Å². The highest BCUT2D eigenvalue weighted by Crippen LogP contribution is 2.15. The number of nitrogens with zero attached hydrogens (tertiary/aromatic N) is 2. The molecule has 0 saturated heterocycles. The molecule has 2 N–H and O–H groups in total. The lowest BCUT2D eigenvalue weighted by Crippen LogP contribution is -2.38. The molecule has 6 heteroatoms. The number of fused-ring (bicyclic) bond motifs is 1. The van der Waals surface area contributed by atoms with Gasteiger partial charge in [0.05, 0.1) is 11.0 Å². The Bertz CT molecular complexity index is 710. The largest absolute Gasteiger partial charge is 0.332 e. The van der Waals surface area contributed by atoms with E-state index >= 15 is 0 Å². The number of aromatic amines is 1. The second-order valence-electron chi connectivity index (χ2n) is 4.39. The molecule has 1 unspecified atom stereocenters. The Labute approximate surface area is 102 Å². The number of benzene rings is 1. The first-order chi connectivity index (χ1) is 8.66. The molecule has 1 aliphatic rings. The molecule has 0 radical (unpaired) electrons. The topological polar surface area (TPSA) is 79.2 Å². The third-order valence-corrected chi connectivity index (χ3v) is 3.05. The van der Waals surface area contributed by atoms with Crippen molar-refractivity contribution in [3.05, 3.63) is 34.7 Å². The second-order valence-corrected chi connectivity index (χ2v) is 4.39. The summed E-state index contributed by atoms with van der Waals surface area (Å²) >= 11 is 0. The molecule has 0 saturated carbocycles. The number of carbonyl (C=O) groups is 1. The van der Waals surface area contributed by atoms with E-state index in [1.54, 1.807) is 0 Å². The fourth-order valence-corrected chi connectivity index (χ4v) is 2.20. The van der Waals surface area contributed by atoms with E-state index in [-0.39, 0.29) is 17.5 Å². The average Bonchev–Trinajstić information content (AvgIpc) is 2.66. The van der Waals surface area contributed by atoms with Crippen LogP contribution < -0.4 is 11.1 Å². The summed E-state index contributed by atoms with van der Waals surface area (Å²) in [5, 5.41) is 4.00. The number of carbonyl (C=O) groups excluding carboxylic acids is 1. The molecule has 0 spiro atoms. The molecule has 1 aromatic carbocycles. The van der Waals surface area contributed by atoms with Gasteiger partial charge in [-0.3, -0.25) is 4.79 Å². The van der Waals surface area contributed by atoms with Crippen molar-refractivity contribution in [1.82, 2.24) is 15.0 Å². The van der Waals surface area contributed by atoms with Gasteiger partial charge in [-0.2, -0.15) is 5.10 Å². The number of hydrogen-bond donors (Lipinski definition) is 2. The smallest absolute Gasteiger partial charge is 0.305 e. The summed E-state index contributed by atoms with van der Waals surface area (Å²) in [5.74, 6) is 0.354. The van der Waals surface area contributed by atoms with Gasteiger partial charge in [-0.15, -0.1) is 0 Å². The van der Waals surface area contributed by atoms with Gasteiger partial charge in [0.25, 0.3) is 0 Å². The fourth-order valence-electron chi connectivity index (χ4n) is 2.20. The average molecular weight is 244 g/mol. The van der Waals surface area contributed by atoms with Gasteiger partial charge in [-0.05, 0) is 12.1 Å². The van der Waals surface area contributed by atoms with Crippen molar-refractivity contribution in [3.63, 3.8) is 0 Å². The lowest BCUT2D eigenvalue weighted by atomic mass is 10.1. The molecule has 1 aromatic heterocycles. The van der Waals surface area contributed by atoms with Crippen LogP contribution in [0.3, 0.4) is 0 Å². The zero-order valence-electron chi connectivity index (χ0n) is 9.80. The number of hydrazone groups is 1. The molecule has 2 aromatic rings. The Kier molecular flexibility index (Phi) is 2.29. The molecule has 3 rings (SSSR count). The first kappa shape index (κ1) is 10.8. The molecule has 0 bridgehead atoms. The number of para-hydroxylation sites is 2. The van der Waals surface area contributed by atoms with E-state index in [2.05, 4.69) is 15.5 Å². The van der Waals surface area contributed by atoms with Crippen LogP contribution in [-0.2, 0) is 4.79 Å². The molecular formula is C12H12N4O2. The van der Waals surface area contributed by atoms with Crippen LogP contribution in [0.5, 0.6) is 0 Å². The van der Waals surface area contributed by atoms with Crippen LogP contribution in [0.1, 0.15) is 13.3 Å². The minimum Gasteiger partial charge on any atom is -0.305 e. The number of H-pyrrole nitrogens is 1. The van der Waals surface area contributed by atoms with Crippen LogP contribution in [0, 0.1) is 5.92 Å². The highest BCUT2D eigenvalue weighted by molar-refractivity contribution is 5.98. The zero-order valence-corrected chi connectivity index (χ0v) is 9.80. The van der Waals surface area contributed by atoms with E-state index in [1.165, 1.54) is 4.57 Å². The molecule has 2 heterocycles. The van der Waals surface area contributed by atoms with E-state index in [4.69, 9.17) is 0 Å². The van der Waals surface area contributed by atoms with Gasteiger partial charge in [-0.25, -0.2) is 14.8 Å². The van der Waals surface area contributed by atoms with Gasteiger partial charge in [0, 0.05) is 12.3 Å². The van der Waals surface area contributed by atoms with Crippen molar-refractivity contribution in [2.24, 2.45) is 11.0 Å². The minimum atomic E-state index is -0.238. The van der Waals surface area contributed by atoms with Crippen molar-refractivity contribution in [1.29, 1.82) is 0 Å². The molecule has 92 valence electrons. The molecule has 18 heavy (non-hydrogen) atoms. The zero-order chi connectivity index (χ0) is 12.7. The Morgan fingerprint density at radius 3 is 2.89 bits per heavy atom. The van der Waals surface area contributed by atoms with Crippen molar-refractivity contribution in [2.75, 3.05) is 0 Å². The number of aromatic nitrogens is 2.